The highest BCUT2D eigenvalue weighted by Gasteiger charge is 2.42. The van der Waals surface area contributed by atoms with Gasteiger partial charge in [0, 0.05) is 41.7 Å². The molecular weight excluding hydrogens is 484 g/mol. The molecule has 0 unspecified atom stereocenters. The molecule has 1 saturated heterocycles. The topological polar surface area (TPSA) is 78.0 Å². The fraction of sp³-hybridized carbons (Fsp3) is 0.438. The number of rotatable bonds is 6. The average Bonchev–Trinajstić information content (AvgIpc) is 3.64. The van der Waals surface area contributed by atoms with Gasteiger partial charge in [0.1, 0.15) is 5.69 Å². The molecule has 1 saturated carbocycles. The van der Waals surface area contributed by atoms with Gasteiger partial charge < -0.3 is 4.90 Å². The van der Waals surface area contributed by atoms with Crippen LogP contribution in [-0.4, -0.2) is 55.1 Å². The molecule has 39 heavy (non-hydrogen) atoms. The number of hydrogen-bond donors (Lipinski definition) is 0. The maximum absolute atomic E-state index is 13.7. The SMILES string of the molecule is Cc1c(C#N)cccc1-c1nn2c(c1-c1ccncc1)CN(C(=O)/C=C/CN1CCCC1(C)C)[C@@H](C1CC1)C2. The van der Waals surface area contributed by atoms with Crippen molar-refractivity contribution in [2.75, 3.05) is 13.1 Å². The molecule has 1 atom stereocenters. The molecule has 2 fully saturated rings. The van der Waals surface area contributed by atoms with E-state index < -0.39 is 0 Å². The number of benzene rings is 1. The number of aromatic nitrogens is 3. The molecule has 1 aromatic carbocycles. The van der Waals surface area contributed by atoms with Gasteiger partial charge in [0.2, 0.25) is 5.91 Å². The first-order chi connectivity index (χ1) is 18.9. The van der Waals surface area contributed by atoms with E-state index >= 15 is 0 Å². The van der Waals surface area contributed by atoms with Gasteiger partial charge in [-0.15, -0.1) is 0 Å². The molecule has 0 radical (unpaired) electrons. The average molecular weight is 521 g/mol. The molecule has 0 spiro atoms. The molecule has 2 aromatic heterocycles. The Morgan fingerprint density at radius 3 is 2.69 bits per heavy atom. The summed E-state index contributed by atoms with van der Waals surface area (Å²) in [5.74, 6) is 0.606. The first kappa shape index (κ1) is 25.5. The van der Waals surface area contributed by atoms with Crippen molar-refractivity contribution in [3.63, 3.8) is 0 Å². The minimum Gasteiger partial charge on any atom is -0.328 e. The van der Waals surface area contributed by atoms with Gasteiger partial charge in [0.25, 0.3) is 0 Å². The molecule has 6 rings (SSSR count). The van der Waals surface area contributed by atoms with Crippen LogP contribution in [0.15, 0.2) is 54.9 Å². The standard InChI is InChI=1S/C32H36N6O/c1-22-25(19-33)7-4-8-26(22)31-30(24-12-15-34-16-13-24)28-20-37(27(23-10-11-23)21-38(28)35-31)29(39)9-5-17-36-18-6-14-32(36,2)3/h4-5,7-9,12-13,15-16,23,27H,6,10-11,14,17-18,20-21H2,1-3H3/b9-5+/t27-/m1/s1. The Balaban J connectivity index is 1.37. The van der Waals surface area contributed by atoms with Gasteiger partial charge in [0.05, 0.1) is 36.5 Å². The zero-order chi connectivity index (χ0) is 27.1. The summed E-state index contributed by atoms with van der Waals surface area (Å²) >= 11 is 0. The molecule has 3 aromatic rings. The van der Waals surface area contributed by atoms with Crippen LogP contribution in [-0.2, 0) is 17.9 Å². The van der Waals surface area contributed by atoms with Crippen LogP contribution in [0.4, 0.5) is 0 Å². The first-order valence-electron chi connectivity index (χ1n) is 14.1. The van der Waals surface area contributed by atoms with Crippen molar-refractivity contribution < 1.29 is 4.79 Å². The van der Waals surface area contributed by atoms with Crippen LogP contribution in [0, 0.1) is 24.2 Å². The van der Waals surface area contributed by atoms with Gasteiger partial charge >= 0.3 is 0 Å². The molecule has 7 nitrogen and oxygen atoms in total. The van der Waals surface area contributed by atoms with Crippen LogP contribution in [0.3, 0.4) is 0 Å². The number of hydrogen-bond acceptors (Lipinski definition) is 5. The van der Waals surface area contributed by atoms with E-state index in [4.69, 9.17) is 5.10 Å². The first-order valence-corrected chi connectivity index (χ1v) is 14.1. The third kappa shape index (κ3) is 4.79. The lowest BCUT2D eigenvalue weighted by molar-refractivity contribution is -0.130. The van der Waals surface area contributed by atoms with Crippen molar-refractivity contribution in [1.29, 1.82) is 5.26 Å². The van der Waals surface area contributed by atoms with Gasteiger partial charge in [-0.3, -0.25) is 19.4 Å². The largest absolute Gasteiger partial charge is 0.328 e. The molecule has 7 heteroatoms. The monoisotopic (exact) mass is 520 g/mol. The third-order valence-electron chi connectivity index (χ3n) is 8.92. The molecule has 3 aliphatic rings. The predicted molar refractivity (Wildman–Crippen MR) is 151 cm³/mol. The lowest BCUT2D eigenvalue weighted by atomic mass is 9.94. The number of carbonyl (C=O) groups is 1. The van der Waals surface area contributed by atoms with Gasteiger partial charge in [-0.05, 0) is 88.2 Å². The summed E-state index contributed by atoms with van der Waals surface area (Å²) in [6, 6.07) is 12.3. The van der Waals surface area contributed by atoms with Crippen molar-refractivity contribution in [1.82, 2.24) is 24.6 Å². The van der Waals surface area contributed by atoms with Crippen molar-refractivity contribution in [2.45, 2.75) is 71.1 Å². The van der Waals surface area contributed by atoms with E-state index in [2.05, 4.69) is 45.5 Å². The van der Waals surface area contributed by atoms with E-state index in [1.54, 1.807) is 18.5 Å². The number of nitriles is 1. The van der Waals surface area contributed by atoms with E-state index in [1.165, 1.54) is 12.8 Å². The van der Waals surface area contributed by atoms with E-state index in [-0.39, 0.29) is 17.5 Å². The molecular formula is C32H36N6O. The highest BCUT2D eigenvalue weighted by Crippen LogP contribution is 2.43. The number of nitrogens with zero attached hydrogens (tertiary/aromatic N) is 6. The normalized spacial score (nSPS) is 20.8. The smallest absolute Gasteiger partial charge is 0.246 e. The minimum absolute atomic E-state index is 0.0845. The maximum Gasteiger partial charge on any atom is 0.246 e. The van der Waals surface area contributed by atoms with Gasteiger partial charge in [-0.25, -0.2) is 0 Å². The lowest BCUT2D eigenvalue weighted by Crippen LogP contribution is -2.47. The van der Waals surface area contributed by atoms with E-state index in [1.807, 2.05) is 37.3 Å². The highest BCUT2D eigenvalue weighted by molar-refractivity contribution is 5.89. The van der Waals surface area contributed by atoms with Crippen LogP contribution in [0.5, 0.6) is 0 Å². The van der Waals surface area contributed by atoms with Gasteiger partial charge in [0.15, 0.2) is 0 Å². The van der Waals surface area contributed by atoms with E-state index in [0.29, 0.717) is 24.6 Å². The Morgan fingerprint density at radius 2 is 2.00 bits per heavy atom. The fourth-order valence-electron chi connectivity index (χ4n) is 6.39. The predicted octanol–water partition coefficient (Wildman–Crippen LogP) is 5.34. The Bertz CT molecular complexity index is 1460. The Kier molecular flexibility index (Phi) is 6.60. The minimum atomic E-state index is 0.0845. The summed E-state index contributed by atoms with van der Waals surface area (Å²) in [5.41, 5.74) is 6.66. The quantitative estimate of drug-likeness (QED) is 0.410. The molecule has 0 N–H and O–H groups in total. The summed E-state index contributed by atoms with van der Waals surface area (Å²) < 4.78 is 2.12. The second-order valence-corrected chi connectivity index (χ2v) is 11.8. The summed E-state index contributed by atoms with van der Waals surface area (Å²) in [6.45, 7) is 9.66. The molecule has 200 valence electrons. The van der Waals surface area contributed by atoms with Crippen molar-refractivity contribution in [2.24, 2.45) is 5.92 Å². The molecule has 1 aliphatic carbocycles. The number of likely N-dealkylation sites (tertiary alicyclic amines) is 1. The van der Waals surface area contributed by atoms with Crippen molar-refractivity contribution in [3.05, 3.63) is 71.7 Å². The fourth-order valence-corrected chi connectivity index (χ4v) is 6.39. The zero-order valence-corrected chi connectivity index (χ0v) is 23.1. The molecule has 1 amide bonds. The molecule has 0 bridgehead atoms. The summed E-state index contributed by atoms with van der Waals surface area (Å²) in [4.78, 5) is 22.5. The van der Waals surface area contributed by atoms with Crippen molar-refractivity contribution in [3.8, 4) is 28.5 Å². The van der Waals surface area contributed by atoms with Crippen LogP contribution >= 0.6 is 0 Å². The Labute approximate surface area is 230 Å². The number of carbonyl (C=O) groups excluding carboxylic acids is 1. The summed E-state index contributed by atoms with van der Waals surface area (Å²) in [5, 5.41) is 14.8. The van der Waals surface area contributed by atoms with Crippen LogP contribution in [0.1, 0.15) is 56.4 Å². The van der Waals surface area contributed by atoms with Crippen LogP contribution in [0.25, 0.3) is 22.4 Å². The number of fused-ring (bicyclic) bond motifs is 1. The van der Waals surface area contributed by atoms with Crippen LogP contribution < -0.4 is 0 Å². The molecule has 2 aliphatic heterocycles. The number of amides is 1. The van der Waals surface area contributed by atoms with Crippen molar-refractivity contribution >= 4 is 5.91 Å². The third-order valence-corrected chi connectivity index (χ3v) is 8.92. The van der Waals surface area contributed by atoms with E-state index in [9.17, 15) is 10.1 Å². The number of pyridine rings is 1. The highest BCUT2D eigenvalue weighted by atomic mass is 16.2. The van der Waals surface area contributed by atoms with Gasteiger partial charge in [-0.2, -0.15) is 10.4 Å². The van der Waals surface area contributed by atoms with Crippen LogP contribution in [0.2, 0.25) is 0 Å². The lowest BCUT2D eigenvalue weighted by Gasteiger charge is -2.36. The van der Waals surface area contributed by atoms with E-state index in [0.717, 1.165) is 59.6 Å². The zero-order valence-electron chi connectivity index (χ0n) is 23.1. The summed E-state index contributed by atoms with van der Waals surface area (Å²) in [6.07, 6.45) is 12.2. The molecule has 4 heterocycles. The second-order valence-electron chi connectivity index (χ2n) is 11.8. The Hall–Kier alpha value is -3.76. The van der Waals surface area contributed by atoms with Gasteiger partial charge in [-0.1, -0.05) is 18.2 Å². The maximum atomic E-state index is 13.7. The Morgan fingerprint density at radius 1 is 1.21 bits per heavy atom. The second kappa shape index (κ2) is 10.1. The summed E-state index contributed by atoms with van der Waals surface area (Å²) in [7, 11) is 0.